The van der Waals surface area contributed by atoms with Gasteiger partial charge in [0.1, 0.15) is 12.2 Å². The number of hydrogen-bond donors (Lipinski definition) is 5. The van der Waals surface area contributed by atoms with E-state index in [2.05, 4.69) is 5.32 Å². The third-order valence-corrected chi connectivity index (χ3v) is 2.00. The summed E-state index contributed by atoms with van der Waals surface area (Å²) in [7, 11) is 0. The summed E-state index contributed by atoms with van der Waals surface area (Å²) in [4.78, 5) is 11.2. The fourth-order valence-corrected chi connectivity index (χ4v) is 0.966. The summed E-state index contributed by atoms with van der Waals surface area (Å²) in [6.45, 7) is 1.65. The van der Waals surface area contributed by atoms with Crippen LogP contribution in [0.2, 0.25) is 0 Å². The van der Waals surface area contributed by atoms with Crippen molar-refractivity contribution in [2.45, 2.75) is 38.1 Å². The largest absolute Gasteiger partial charge is 0.394 e. The van der Waals surface area contributed by atoms with Gasteiger partial charge in [-0.1, -0.05) is 13.3 Å². The van der Waals surface area contributed by atoms with E-state index in [1.54, 1.807) is 0 Å². The SMILES string of the molecule is CCCCNC(=O)[C@@H](O)[C@H](O)[C@H](O)CO. The lowest BCUT2D eigenvalue weighted by atomic mass is 10.1. The highest BCUT2D eigenvalue weighted by molar-refractivity contribution is 5.81. The topological polar surface area (TPSA) is 110 Å². The van der Waals surface area contributed by atoms with Crippen molar-refractivity contribution in [3.63, 3.8) is 0 Å². The number of unbranched alkanes of at least 4 members (excludes halogenated alkanes) is 1. The molecule has 0 aromatic rings. The first-order valence-electron chi connectivity index (χ1n) is 4.97. The Labute approximate surface area is 88.5 Å². The van der Waals surface area contributed by atoms with E-state index in [0.717, 1.165) is 12.8 Å². The molecule has 0 aromatic carbocycles. The minimum Gasteiger partial charge on any atom is -0.394 e. The van der Waals surface area contributed by atoms with E-state index < -0.39 is 30.8 Å². The minimum absolute atomic E-state index is 0.411. The van der Waals surface area contributed by atoms with Gasteiger partial charge in [0.25, 0.3) is 5.91 Å². The Morgan fingerprint density at radius 3 is 2.40 bits per heavy atom. The smallest absolute Gasteiger partial charge is 0.251 e. The zero-order valence-electron chi connectivity index (χ0n) is 8.76. The summed E-state index contributed by atoms with van der Waals surface area (Å²) in [6.07, 6.45) is -3.23. The van der Waals surface area contributed by atoms with Crippen LogP contribution in [0.15, 0.2) is 0 Å². The van der Waals surface area contributed by atoms with Gasteiger partial charge in [0.05, 0.1) is 6.61 Å². The molecule has 6 heteroatoms. The Morgan fingerprint density at radius 1 is 1.33 bits per heavy atom. The molecule has 1 amide bonds. The molecule has 6 nitrogen and oxygen atoms in total. The number of rotatable bonds is 7. The maximum absolute atomic E-state index is 11.2. The van der Waals surface area contributed by atoms with Crippen LogP contribution in [0.5, 0.6) is 0 Å². The van der Waals surface area contributed by atoms with Gasteiger partial charge in [-0.2, -0.15) is 0 Å². The molecule has 0 unspecified atom stereocenters. The highest BCUT2D eigenvalue weighted by atomic mass is 16.4. The van der Waals surface area contributed by atoms with Crippen LogP contribution in [0.4, 0.5) is 0 Å². The van der Waals surface area contributed by atoms with Crippen LogP contribution >= 0.6 is 0 Å². The van der Waals surface area contributed by atoms with Crippen molar-refractivity contribution in [2.75, 3.05) is 13.2 Å². The van der Waals surface area contributed by atoms with Crippen molar-refractivity contribution in [1.29, 1.82) is 0 Å². The lowest BCUT2D eigenvalue weighted by Gasteiger charge is -2.20. The molecule has 0 bridgehead atoms. The zero-order valence-corrected chi connectivity index (χ0v) is 8.76. The van der Waals surface area contributed by atoms with Gasteiger partial charge in [-0.15, -0.1) is 0 Å². The molecule has 3 atom stereocenters. The Kier molecular flexibility index (Phi) is 7.23. The number of amides is 1. The molecule has 0 aliphatic carbocycles. The average molecular weight is 221 g/mol. The third kappa shape index (κ3) is 5.08. The van der Waals surface area contributed by atoms with E-state index in [0.29, 0.717) is 6.54 Å². The number of carbonyl (C=O) groups excluding carboxylic acids is 1. The van der Waals surface area contributed by atoms with Crippen LogP contribution in [-0.4, -0.2) is 57.8 Å². The molecule has 15 heavy (non-hydrogen) atoms. The first-order chi connectivity index (χ1) is 7.04. The summed E-state index contributed by atoms with van der Waals surface area (Å²) >= 11 is 0. The Hall–Kier alpha value is -0.690. The van der Waals surface area contributed by atoms with Gasteiger partial charge in [-0.3, -0.25) is 4.79 Å². The quantitative estimate of drug-likeness (QED) is 0.319. The molecule has 90 valence electrons. The summed E-state index contributed by atoms with van der Waals surface area (Å²) in [5.41, 5.74) is 0. The molecule has 0 fully saturated rings. The second kappa shape index (κ2) is 7.58. The van der Waals surface area contributed by atoms with Crippen LogP contribution in [0.3, 0.4) is 0 Å². The predicted molar refractivity (Wildman–Crippen MR) is 53.0 cm³/mol. The summed E-state index contributed by atoms with van der Waals surface area (Å²) in [6, 6.07) is 0. The Balaban J connectivity index is 3.96. The number of hydrogen-bond acceptors (Lipinski definition) is 5. The van der Waals surface area contributed by atoms with Crippen molar-refractivity contribution in [3.8, 4) is 0 Å². The number of aliphatic hydroxyl groups is 4. The van der Waals surface area contributed by atoms with Crippen LogP contribution in [0.25, 0.3) is 0 Å². The van der Waals surface area contributed by atoms with Crippen molar-refractivity contribution in [2.24, 2.45) is 0 Å². The summed E-state index contributed by atoms with van der Waals surface area (Å²) < 4.78 is 0. The number of aliphatic hydroxyl groups excluding tert-OH is 4. The minimum atomic E-state index is -1.72. The van der Waals surface area contributed by atoms with Crippen molar-refractivity contribution in [1.82, 2.24) is 5.32 Å². The average Bonchev–Trinajstić information content (AvgIpc) is 2.26. The lowest BCUT2D eigenvalue weighted by Crippen LogP contribution is -2.48. The second-order valence-corrected chi connectivity index (χ2v) is 3.33. The molecule has 0 saturated heterocycles. The molecule has 0 aliphatic heterocycles. The second-order valence-electron chi connectivity index (χ2n) is 3.33. The Bertz CT molecular complexity index is 187. The van der Waals surface area contributed by atoms with Crippen molar-refractivity contribution >= 4 is 5.91 Å². The van der Waals surface area contributed by atoms with E-state index in [-0.39, 0.29) is 0 Å². The normalized spacial score (nSPS) is 16.9. The van der Waals surface area contributed by atoms with Crippen LogP contribution in [0.1, 0.15) is 19.8 Å². The van der Waals surface area contributed by atoms with E-state index in [4.69, 9.17) is 10.2 Å². The highest BCUT2D eigenvalue weighted by Gasteiger charge is 2.29. The van der Waals surface area contributed by atoms with Gasteiger partial charge >= 0.3 is 0 Å². The first kappa shape index (κ1) is 14.3. The monoisotopic (exact) mass is 221 g/mol. The van der Waals surface area contributed by atoms with Gasteiger partial charge in [-0.05, 0) is 6.42 Å². The molecule has 0 aromatic heterocycles. The third-order valence-electron chi connectivity index (χ3n) is 2.00. The molecular formula is C9H19NO5. The van der Waals surface area contributed by atoms with E-state index in [1.165, 1.54) is 0 Å². The van der Waals surface area contributed by atoms with Crippen LogP contribution in [0, 0.1) is 0 Å². The van der Waals surface area contributed by atoms with Crippen LogP contribution < -0.4 is 5.32 Å². The summed E-state index contributed by atoms with van der Waals surface area (Å²) in [5.74, 6) is -0.747. The molecular weight excluding hydrogens is 202 g/mol. The zero-order chi connectivity index (χ0) is 11.8. The fraction of sp³-hybridized carbons (Fsp3) is 0.889. The standard InChI is InChI=1S/C9H19NO5/c1-2-3-4-10-9(15)8(14)7(13)6(12)5-11/h6-8,11-14H,2-5H2,1H3,(H,10,15)/t6-,7-,8+/m1/s1. The van der Waals surface area contributed by atoms with E-state index >= 15 is 0 Å². The fourth-order valence-electron chi connectivity index (χ4n) is 0.966. The van der Waals surface area contributed by atoms with Gasteiger partial charge in [0.2, 0.25) is 0 Å². The lowest BCUT2D eigenvalue weighted by molar-refractivity contribution is -0.142. The van der Waals surface area contributed by atoms with Crippen molar-refractivity contribution < 1.29 is 25.2 Å². The molecule has 0 radical (unpaired) electrons. The van der Waals surface area contributed by atoms with Gasteiger partial charge in [-0.25, -0.2) is 0 Å². The molecule has 0 heterocycles. The van der Waals surface area contributed by atoms with E-state index in [1.807, 2.05) is 6.92 Å². The van der Waals surface area contributed by atoms with Crippen molar-refractivity contribution in [3.05, 3.63) is 0 Å². The molecule has 0 rings (SSSR count). The molecule has 0 spiro atoms. The maximum Gasteiger partial charge on any atom is 0.251 e. The Morgan fingerprint density at radius 2 is 1.93 bits per heavy atom. The number of carbonyl (C=O) groups is 1. The number of nitrogens with one attached hydrogen (secondary N) is 1. The maximum atomic E-state index is 11.2. The predicted octanol–water partition coefficient (Wildman–Crippen LogP) is -2.02. The highest BCUT2D eigenvalue weighted by Crippen LogP contribution is 2.00. The molecule has 5 N–H and O–H groups in total. The van der Waals surface area contributed by atoms with Crippen LogP contribution in [-0.2, 0) is 4.79 Å². The molecule has 0 aliphatic rings. The molecule has 0 saturated carbocycles. The van der Waals surface area contributed by atoms with Gasteiger partial charge in [0, 0.05) is 6.54 Å². The van der Waals surface area contributed by atoms with E-state index in [9.17, 15) is 15.0 Å². The van der Waals surface area contributed by atoms with Gasteiger partial charge < -0.3 is 25.7 Å². The first-order valence-corrected chi connectivity index (χ1v) is 4.97. The summed E-state index contributed by atoms with van der Waals surface area (Å²) in [5, 5.41) is 38.3. The van der Waals surface area contributed by atoms with Gasteiger partial charge in [0.15, 0.2) is 6.10 Å².